The van der Waals surface area contributed by atoms with Gasteiger partial charge in [-0.3, -0.25) is 0 Å². The van der Waals surface area contributed by atoms with E-state index in [0.29, 0.717) is 0 Å². The Morgan fingerprint density at radius 3 is 2.71 bits per heavy atom. The topological polar surface area (TPSA) is 25.8 Å². The molecule has 0 unspecified atom stereocenters. The molecule has 0 atom stereocenters. The zero-order chi connectivity index (χ0) is 9.80. The molecule has 0 saturated heterocycles. The maximum Gasteiger partial charge on any atom is 0.169 e. The van der Waals surface area contributed by atoms with Gasteiger partial charge >= 0.3 is 0 Å². The lowest BCUT2D eigenvalue weighted by Crippen LogP contribution is -1.81. The lowest BCUT2D eigenvalue weighted by Gasteiger charge is -1.91. The van der Waals surface area contributed by atoms with Crippen molar-refractivity contribution in [2.24, 2.45) is 0 Å². The first-order valence-electron chi connectivity index (χ1n) is 4.20. The Bertz CT molecular complexity index is 477. The second-order valence-corrected chi connectivity index (χ2v) is 3.70. The molecule has 68 valence electrons. The third-order valence-electron chi connectivity index (χ3n) is 1.64. The van der Waals surface area contributed by atoms with E-state index in [9.17, 15) is 0 Å². The first kappa shape index (κ1) is 8.92. The predicted octanol–water partition coefficient (Wildman–Crippen LogP) is 2.58. The van der Waals surface area contributed by atoms with Crippen LogP contribution >= 0.6 is 11.3 Å². The Hall–Kier alpha value is -1.66. The molecule has 0 N–H and O–H groups in total. The molecular formula is C11H8N2S. The molecule has 0 fully saturated rings. The van der Waals surface area contributed by atoms with Crippen LogP contribution in [0.4, 0.5) is 0 Å². The molecule has 0 saturated carbocycles. The molecule has 0 bridgehead atoms. The van der Waals surface area contributed by atoms with Crippen molar-refractivity contribution in [2.45, 2.75) is 6.92 Å². The first-order chi connectivity index (χ1) is 6.90. The Balaban J connectivity index is 2.37. The standard InChI is InChI=1S/C11H8N2S/c1-2-4-9-5-6-10(14-9)11-12-7-3-8-13-11/h3,5-8H,1H3. The Labute approximate surface area is 86.7 Å². The quantitative estimate of drug-likeness (QED) is 0.661. The van der Waals surface area contributed by atoms with E-state index in [2.05, 4.69) is 21.8 Å². The molecule has 0 aliphatic carbocycles. The third-order valence-corrected chi connectivity index (χ3v) is 2.64. The average Bonchev–Trinajstić information content (AvgIpc) is 2.68. The molecule has 0 spiro atoms. The summed E-state index contributed by atoms with van der Waals surface area (Å²) in [6.45, 7) is 1.83. The summed E-state index contributed by atoms with van der Waals surface area (Å²) in [6, 6.07) is 5.80. The van der Waals surface area contributed by atoms with E-state index in [0.717, 1.165) is 15.6 Å². The van der Waals surface area contributed by atoms with Crippen LogP contribution in [0, 0.1) is 11.8 Å². The second kappa shape index (κ2) is 4.03. The van der Waals surface area contributed by atoms with Crippen molar-refractivity contribution < 1.29 is 0 Å². The van der Waals surface area contributed by atoms with Crippen LogP contribution in [0.1, 0.15) is 11.8 Å². The van der Waals surface area contributed by atoms with E-state index < -0.39 is 0 Å². The third kappa shape index (κ3) is 1.81. The van der Waals surface area contributed by atoms with Gasteiger partial charge in [0.15, 0.2) is 5.82 Å². The van der Waals surface area contributed by atoms with Crippen molar-refractivity contribution >= 4 is 11.3 Å². The molecule has 0 aliphatic heterocycles. The summed E-state index contributed by atoms with van der Waals surface area (Å²) in [5.74, 6) is 6.64. The molecule has 0 radical (unpaired) electrons. The lowest BCUT2D eigenvalue weighted by molar-refractivity contribution is 1.19. The van der Waals surface area contributed by atoms with Gasteiger partial charge in [0, 0.05) is 12.4 Å². The molecule has 2 nitrogen and oxygen atoms in total. The van der Waals surface area contributed by atoms with E-state index in [-0.39, 0.29) is 0 Å². The van der Waals surface area contributed by atoms with Gasteiger partial charge < -0.3 is 0 Å². The molecule has 3 heteroatoms. The molecule has 14 heavy (non-hydrogen) atoms. The van der Waals surface area contributed by atoms with Crippen LogP contribution in [0.5, 0.6) is 0 Å². The number of hydrogen-bond acceptors (Lipinski definition) is 3. The molecule has 2 aromatic heterocycles. The van der Waals surface area contributed by atoms with Gasteiger partial charge in [0.2, 0.25) is 0 Å². The summed E-state index contributed by atoms with van der Waals surface area (Å²) in [5.41, 5.74) is 0. The Morgan fingerprint density at radius 1 is 1.21 bits per heavy atom. The van der Waals surface area contributed by atoms with E-state index in [1.165, 1.54) is 0 Å². The molecular weight excluding hydrogens is 192 g/mol. The Kier molecular flexibility index (Phi) is 2.57. The van der Waals surface area contributed by atoms with Crippen LogP contribution in [0.3, 0.4) is 0 Å². The monoisotopic (exact) mass is 200 g/mol. The fourth-order valence-electron chi connectivity index (χ4n) is 1.07. The van der Waals surface area contributed by atoms with Crippen molar-refractivity contribution in [3.8, 4) is 22.5 Å². The van der Waals surface area contributed by atoms with E-state index in [1.54, 1.807) is 23.7 Å². The van der Waals surface area contributed by atoms with E-state index in [1.807, 2.05) is 25.1 Å². The van der Waals surface area contributed by atoms with E-state index >= 15 is 0 Å². The maximum absolute atomic E-state index is 4.17. The minimum absolute atomic E-state index is 0.765. The highest BCUT2D eigenvalue weighted by atomic mass is 32.1. The van der Waals surface area contributed by atoms with Gasteiger partial charge in [0.1, 0.15) is 0 Å². The van der Waals surface area contributed by atoms with Crippen LogP contribution in [-0.2, 0) is 0 Å². The highest BCUT2D eigenvalue weighted by Crippen LogP contribution is 2.23. The second-order valence-electron chi connectivity index (χ2n) is 2.61. The minimum Gasteiger partial charge on any atom is -0.236 e. The molecule has 2 heterocycles. The van der Waals surface area contributed by atoms with Crippen LogP contribution in [0.25, 0.3) is 10.7 Å². The van der Waals surface area contributed by atoms with Gasteiger partial charge in [-0.05, 0) is 25.1 Å². The molecule has 0 aromatic carbocycles. The van der Waals surface area contributed by atoms with Gasteiger partial charge in [0.25, 0.3) is 0 Å². The van der Waals surface area contributed by atoms with Crippen molar-refractivity contribution in [1.82, 2.24) is 9.97 Å². The van der Waals surface area contributed by atoms with Crippen LogP contribution in [0.15, 0.2) is 30.6 Å². The first-order valence-corrected chi connectivity index (χ1v) is 5.02. The van der Waals surface area contributed by atoms with E-state index in [4.69, 9.17) is 0 Å². The Morgan fingerprint density at radius 2 is 2.00 bits per heavy atom. The minimum atomic E-state index is 0.765. The molecule has 0 amide bonds. The summed E-state index contributed by atoms with van der Waals surface area (Å²) < 4.78 is 0. The zero-order valence-electron chi connectivity index (χ0n) is 7.69. The van der Waals surface area contributed by atoms with Gasteiger partial charge in [0.05, 0.1) is 9.75 Å². The fourth-order valence-corrected chi connectivity index (χ4v) is 1.93. The van der Waals surface area contributed by atoms with Crippen molar-refractivity contribution in [2.75, 3.05) is 0 Å². The van der Waals surface area contributed by atoms with Gasteiger partial charge in [-0.1, -0.05) is 5.92 Å². The summed E-state index contributed by atoms with van der Waals surface area (Å²) in [4.78, 5) is 10.5. The summed E-state index contributed by atoms with van der Waals surface area (Å²) >= 11 is 1.61. The number of rotatable bonds is 1. The number of aromatic nitrogens is 2. The molecule has 0 aliphatic rings. The maximum atomic E-state index is 4.17. The van der Waals surface area contributed by atoms with Crippen molar-refractivity contribution in [1.29, 1.82) is 0 Å². The zero-order valence-corrected chi connectivity index (χ0v) is 8.51. The summed E-state index contributed by atoms with van der Waals surface area (Å²) in [6.07, 6.45) is 3.49. The summed E-state index contributed by atoms with van der Waals surface area (Å²) in [5, 5.41) is 0. The number of nitrogens with zero attached hydrogens (tertiary/aromatic N) is 2. The number of thiophene rings is 1. The van der Waals surface area contributed by atoms with Gasteiger partial charge in [-0.15, -0.1) is 17.3 Å². The smallest absolute Gasteiger partial charge is 0.169 e. The largest absolute Gasteiger partial charge is 0.236 e. The van der Waals surface area contributed by atoms with Gasteiger partial charge in [-0.2, -0.15) is 0 Å². The van der Waals surface area contributed by atoms with Gasteiger partial charge in [-0.25, -0.2) is 9.97 Å². The fraction of sp³-hybridized carbons (Fsp3) is 0.0909. The average molecular weight is 200 g/mol. The van der Waals surface area contributed by atoms with Crippen molar-refractivity contribution in [3.63, 3.8) is 0 Å². The van der Waals surface area contributed by atoms with Crippen molar-refractivity contribution in [3.05, 3.63) is 35.5 Å². The molecule has 2 rings (SSSR count). The lowest BCUT2D eigenvalue weighted by atomic mass is 10.4. The number of hydrogen-bond donors (Lipinski definition) is 0. The highest BCUT2D eigenvalue weighted by molar-refractivity contribution is 7.15. The highest BCUT2D eigenvalue weighted by Gasteiger charge is 2.02. The predicted molar refractivity (Wildman–Crippen MR) is 57.9 cm³/mol. The summed E-state index contributed by atoms with van der Waals surface area (Å²) in [7, 11) is 0. The SMILES string of the molecule is CC#Cc1ccc(-c2ncccn2)s1. The normalized spacial score (nSPS) is 9.21. The van der Waals surface area contributed by atoms with Crippen LogP contribution in [-0.4, -0.2) is 9.97 Å². The molecule has 2 aromatic rings. The van der Waals surface area contributed by atoms with Crippen LogP contribution in [0.2, 0.25) is 0 Å². The van der Waals surface area contributed by atoms with Crippen LogP contribution < -0.4 is 0 Å².